The molecule has 0 aromatic heterocycles. The van der Waals surface area contributed by atoms with Crippen LogP contribution in [0.2, 0.25) is 18.1 Å². The van der Waals surface area contributed by atoms with Gasteiger partial charge in [-0.15, -0.1) is 0 Å². The van der Waals surface area contributed by atoms with E-state index in [1.54, 1.807) is 32.9 Å². The summed E-state index contributed by atoms with van der Waals surface area (Å²) in [6.45, 7) is 14.6. The largest absolute Gasteiger partial charge is 0.459 e. The Labute approximate surface area is 203 Å². The van der Waals surface area contributed by atoms with E-state index in [4.69, 9.17) is 13.9 Å². The lowest BCUT2D eigenvalue weighted by molar-refractivity contribution is -0.150. The van der Waals surface area contributed by atoms with Gasteiger partial charge in [0.15, 0.2) is 14.4 Å². The van der Waals surface area contributed by atoms with Gasteiger partial charge in [-0.1, -0.05) is 51.1 Å². The Hall–Kier alpha value is -2.43. The summed E-state index contributed by atoms with van der Waals surface area (Å²) < 4.78 is 16.6. The van der Waals surface area contributed by atoms with Crippen LogP contribution in [0.25, 0.3) is 0 Å². The molecule has 0 heterocycles. The zero-order valence-corrected chi connectivity index (χ0v) is 22.6. The second kappa shape index (κ2) is 12.3. The molecule has 34 heavy (non-hydrogen) atoms. The van der Waals surface area contributed by atoms with Crippen molar-refractivity contribution in [2.75, 3.05) is 13.2 Å². The third-order valence-corrected chi connectivity index (χ3v) is 9.93. The maximum Gasteiger partial charge on any atom is 0.408 e. The van der Waals surface area contributed by atoms with Gasteiger partial charge in [0, 0.05) is 0 Å². The van der Waals surface area contributed by atoms with Gasteiger partial charge in [0.05, 0.1) is 13.2 Å². The van der Waals surface area contributed by atoms with Crippen molar-refractivity contribution in [1.29, 1.82) is 0 Å². The molecule has 9 nitrogen and oxygen atoms in total. The van der Waals surface area contributed by atoms with Crippen molar-refractivity contribution in [3.8, 4) is 0 Å². The number of nitrogens with one attached hydrogen (secondary N) is 2. The predicted octanol–water partition coefficient (Wildman–Crippen LogP) is 3.12. The number of esters is 1. The Morgan fingerprint density at radius 2 is 1.56 bits per heavy atom. The molecule has 2 atom stereocenters. The van der Waals surface area contributed by atoms with Crippen LogP contribution in [0, 0.1) is 0 Å². The highest BCUT2D eigenvalue weighted by Crippen LogP contribution is 2.36. The molecule has 0 unspecified atom stereocenters. The van der Waals surface area contributed by atoms with Crippen LogP contribution in [0.1, 0.15) is 47.1 Å². The molecule has 0 bridgehead atoms. The lowest BCUT2D eigenvalue weighted by Gasteiger charge is -2.37. The molecule has 1 rings (SSSR count). The van der Waals surface area contributed by atoms with E-state index in [9.17, 15) is 19.5 Å². The van der Waals surface area contributed by atoms with Gasteiger partial charge in [-0.3, -0.25) is 4.79 Å². The van der Waals surface area contributed by atoms with Crippen molar-refractivity contribution >= 4 is 26.3 Å². The Kier molecular flexibility index (Phi) is 10.7. The number of ether oxygens (including phenoxy) is 2. The molecule has 0 aliphatic rings. The highest BCUT2D eigenvalue weighted by Gasteiger charge is 2.39. The molecule has 0 fully saturated rings. The smallest absolute Gasteiger partial charge is 0.408 e. The zero-order chi connectivity index (χ0) is 26.2. The third-order valence-electron chi connectivity index (χ3n) is 5.43. The van der Waals surface area contributed by atoms with Crippen LogP contribution >= 0.6 is 0 Å². The first-order valence-corrected chi connectivity index (χ1v) is 14.2. The average Bonchev–Trinajstić information content (AvgIpc) is 2.71. The highest BCUT2D eigenvalue weighted by atomic mass is 28.4. The number of amides is 2. The van der Waals surface area contributed by atoms with Crippen molar-refractivity contribution < 1.29 is 33.4 Å². The van der Waals surface area contributed by atoms with E-state index in [1.807, 2.05) is 31.3 Å². The molecule has 10 heteroatoms. The number of aliphatic hydroxyl groups is 1. The number of alkyl carbamates (subject to hydrolysis) is 1. The van der Waals surface area contributed by atoms with Crippen molar-refractivity contribution in [2.45, 2.75) is 84.0 Å². The first-order chi connectivity index (χ1) is 15.6. The molecule has 1 aromatic rings. The van der Waals surface area contributed by atoms with Gasteiger partial charge in [-0.2, -0.15) is 0 Å². The summed E-state index contributed by atoms with van der Waals surface area (Å²) in [6.07, 6.45) is -0.793. The normalized spacial score (nSPS) is 14.0. The molecule has 0 aliphatic carbocycles. The quantitative estimate of drug-likeness (QED) is 0.336. The minimum Gasteiger partial charge on any atom is -0.459 e. The number of carbonyl (C=O) groups is 3. The molecule has 3 N–H and O–H groups in total. The number of hydrogen-bond donors (Lipinski definition) is 3. The summed E-state index contributed by atoms with van der Waals surface area (Å²) in [4.78, 5) is 37.8. The molecule has 0 radical (unpaired) electrons. The van der Waals surface area contributed by atoms with Gasteiger partial charge in [-0.25, -0.2) is 9.59 Å². The Bertz CT molecular complexity index is 817. The standard InChI is InChI=1S/C24H40N2O7Si/c1-23(2,3)33-22(30)26-19(16-32-34(7,8)24(4,5)6)20(28)25-18(14-27)21(29)31-15-17-12-10-9-11-13-17/h9-13,18-19,27H,14-16H2,1-8H3,(H,25,28)(H,26,30)/t18-,19-/m0/s1. The van der Waals surface area contributed by atoms with Gasteiger partial charge in [0.2, 0.25) is 5.91 Å². The van der Waals surface area contributed by atoms with Gasteiger partial charge >= 0.3 is 12.1 Å². The number of benzene rings is 1. The molecular weight excluding hydrogens is 456 g/mol. The first-order valence-electron chi connectivity index (χ1n) is 11.3. The van der Waals surface area contributed by atoms with Crippen LogP contribution in [0.3, 0.4) is 0 Å². The molecule has 0 saturated heterocycles. The van der Waals surface area contributed by atoms with Crippen molar-refractivity contribution in [3.63, 3.8) is 0 Å². The van der Waals surface area contributed by atoms with Crippen molar-refractivity contribution in [2.24, 2.45) is 0 Å². The highest BCUT2D eigenvalue weighted by molar-refractivity contribution is 6.74. The van der Waals surface area contributed by atoms with E-state index in [1.165, 1.54) is 0 Å². The number of aliphatic hydroxyl groups excluding tert-OH is 1. The topological polar surface area (TPSA) is 123 Å². The van der Waals surface area contributed by atoms with E-state index in [0.717, 1.165) is 5.56 Å². The molecule has 0 saturated carbocycles. The van der Waals surface area contributed by atoms with E-state index >= 15 is 0 Å². The first kappa shape index (κ1) is 29.6. The Morgan fingerprint density at radius 1 is 0.971 bits per heavy atom. The van der Waals surface area contributed by atoms with Crippen LogP contribution in [0.4, 0.5) is 4.79 Å². The lowest BCUT2D eigenvalue weighted by Crippen LogP contribution is -2.56. The Balaban J connectivity index is 2.89. The van der Waals surface area contributed by atoms with Crippen LogP contribution in [-0.2, 0) is 30.1 Å². The predicted molar refractivity (Wildman–Crippen MR) is 132 cm³/mol. The lowest BCUT2D eigenvalue weighted by atomic mass is 10.2. The van der Waals surface area contributed by atoms with E-state index in [0.29, 0.717) is 0 Å². The average molecular weight is 497 g/mol. The maximum atomic E-state index is 13.0. The minimum absolute atomic E-state index is 0.000113. The summed E-state index contributed by atoms with van der Waals surface area (Å²) in [6, 6.07) is 6.60. The fraction of sp³-hybridized carbons (Fsp3) is 0.625. The second-order valence-electron chi connectivity index (χ2n) is 10.6. The van der Waals surface area contributed by atoms with Crippen LogP contribution in [-0.4, -0.2) is 62.3 Å². The van der Waals surface area contributed by atoms with Gasteiger partial charge in [0.1, 0.15) is 18.2 Å². The third kappa shape index (κ3) is 10.2. The molecular formula is C24H40N2O7Si. The summed E-state index contributed by atoms with van der Waals surface area (Å²) >= 11 is 0. The van der Waals surface area contributed by atoms with Gasteiger partial charge < -0.3 is 29.6 Å². The monoisotopic (exact) mass is 496 g/mol. The fourth-order valence-electron chi connectivity index (χ4n) is 2.42. The SMILES string of the molecule is CC(C)(C)OC(=O)N[C@@H](CO[Si](C)(C)C(C)(C)C)C(=O)N[C@@H](CO)C(=O)OCc1ccccc1. The number of carbonyl (C=O) groups excluding carboxylic acids is 3. The van der Waals surface area contributed by atoms with Crippen LogP contribution < -0.4 is 10.6 Å². The van der Waals surface area contributed by atoms with Crippen molar-refractivity contribution in [3.05, 3.63) is 35.9 Å². The minimum atomic E-state index is -2.24. The van der Waals surface area contributed by atoms with Crippen LogP contribution in [0.5, 0.6) is 0 Å². The van der Waals surface area contributed by atoms with Gasteiger partial charge in [-0.05, 0) is 44.5 Å². The molecule has 192 valence electrons. The summed E-state index contributed by atoms with van der Waals surface area (Å²) in [5, 5.41) is 14.5. The van der Waals surface area contributed by atoms with Gasteiger partial charge in [0.25, 0.3) is 0 Å². The summed E-state index contributed by atoms with van der Waals surface area (Å²) in [7, 11) is -2.24. The van der Waals surface area contributed by atoms with E-state index in [-0.39, 0.29) is 18.3 Å². The molecule has 2 amide bonds. The fourth-order valence-corrected chi connectivity index (χ4v) is 3.44. The maximum absolute atomic E-state index is 13.0. The van der Waals surface area contributed by atoms with E-state index < -0.39 is 50.6 Å². The molecule has 0 aliphatic heterocycles. The number of hydrogen-bond acceptors (Lipinski definition) is 7. The molecule has 0 spiro atoms. The summed E-state index contributed by atoms with van der Waals surface area (Å²) in [5.41, 5.74) is 0.00593. The Morgan fingerprint density at radius 3 is 2.06 bits per heavy atom. The van der Waals surface area contributed by atoms with Crippen molar-refractivity contribution in [1.82, 2.24) is 10.6 Å². The molecule has 1 aromatic carbocycles. The van der Waals surface area contributed by atoms with E-state index in [2.05, 4.69) is 31.4 Å². The zero-order valence-electron chi connectivity index (χ0n) is 21.6. The second-order valence-corrected chi connectivity index (χ2v) is 15.4. The number of rotatable bonds is 10. The summed E-state index contributed by atoms with van der Waals surface area (Å²) in [5.74, 6) is -1.48. The van der Waals surface area contributed by atoms with Crippen LogP contribution in [0.15, 0.2) is 30.3 Å².